The van der Waals surface area contributed by atoms with Crippen LogP contribution in [-0.2, 0) is 5.33 Å². The van der Waals surface area contributed by atoms with Crippen LogP contribution in [0.4, 0.5) is 0 Å². The van der Waals surface area contributed by atoms with Crippen molar-refractivity contribution in [1.82, 2.24) is 4.57 Å². The second-order valence-electron chi connectivity index (χ2n) is 4.34. The molecule has 0 radical (unpaired) electrons. The molecule has 19 heavy (non-hydrogen) atoms. The van der Waals surface area contributed by atoms with E-state index >= 15 is 0 Å². The van der Waals surface area contributed by atoms with Gasteiger partial charge in [0.15, 0.2) is 0 Å². The quantitative estimate of drug-likeness (QED) is 0.645. The molecular weight excluding hydrogens is 300 g/mol. The Labute approximate surface area is 120 Å². The van der Waals surface area contributed by atoms with Gasteiger partial charge in [-0.15, -0.1) is 0 Å². The molecular formula is C16H11BrN2. The van der Waals surface area contributed by atoms with E-state index in [-0.39, 0.29) is 0 Å². The first kappa shape index (κ1) is 12.0. The van der Waals surface area contributed by atoms with Crippen molar-refractivity contribution in [2.45, 2.75) is 5.33 Å². The first-order valence-corrected chi connectivity index (χ1v) is 7.11. The van der Waals surface area contributed by atoms with E-state index in [1.807, 2.05) is 47.0 Å². The van der Waals surface area contributed by atoms with E-state index in [4.69, 9.17) is 0 Å². The Kier molecular flexibility index (Phi) is 3.10. The standard InChI is InChI=1S/C16H11BrN2/c17-10-12-5-7-14(8-6-12)19-15(11-18)9-13-3-1-2-4-16(13)19/h1-9H,10H2. The summed E-state index contributed by atoms with van der Waals surface area (Å²) in [6.07, 6.45) is 0. The summed E-state index contributed by atoms with van der Waals surface area (Å²) in [5, 5.41) is 11.2. The maximum Gasteiger partial charge on any atom is 0.125 e. The number of halogens is 1. The number of alkyl halides is 1. The van der Waals surface area contributed by atoms with Crippen LogP contribution < -0.4 is 0 Å². The van der Waals surface area contributed by atoms with E-state index in [1.165, 1.54) is 5.56 Å². The van der Waals surface area contributed by atoms with Gasteiger partial charge < -0.3 is 4.57 Å². The summed E-state index contributed by atoms with van der Waals surface area (Å²) in [5.74, 6) is 0. The highest BCUT2D eigenvalue weighted by Gasteiger charge is 2.09. The third-order valence-electron chi connectivity index (χ3n) is 3.17. The lowest BCUT2D eigenvalue weighted by Gasteiger charge is -2.07. The highest BCUT2D eigenvalue weighted by molar-refractivity contribution is 9.08. The predicted octanol–water partition coefficient (Wildman–Crippen LogP) is 4.40. The lowest BCUT2D eigenvalue weighted by molar-refractivity contribution is 1.09. The summed E-state index contributed by atoms with van der Waals surface area (Å²) in [7, 11) is 0. The summed E-state index contributed by atoms with van der Waals surface area (Å²) in [5.41, 5.74) is 3.96. The molecule has 3 rings (SSSR count). The highest BCUT2D eigenvalue weighted by Crippen LogP contribution is 2.24. The number of nitriles is 1. The van der Waals surface area contributed by atoms with Crippen LogP contribution >= 0.6 is 15.9 Å². The predicted molar refractivity (Wildman–Crippen MR) is 80.6 cm³/mol. The Morgan fingerprint density at radius 2 is 1.79 bits per heavy atom. The van der Waals surface area contributed by atoms with Gasteiger partial charge in [0, 0.05) is 16.4 Å². The number of fused-ring (bicyclic) bond motifs is 1. The molecule has 0 spiro atoms. The van der Waals surface area contributed by atoms with Gasteiger partial charge in [0.05, 0.1) is 5.52 Å². The molecule has 0 fully saturated rings. The molecule has 0 atom stereocenters. The molecule has 1 aromatic heterocycles. The molecule has 2 aromatic carbocycles. The Hall–Kier alpha value is -2.05. The van der Waals surface area contributed by atoms with E-state index in [0.717, 1.165) is 21.9 Å². The minimum atomic E-state index is 0.660. The largest absolute Gasteiger partial charge is 0.301 e. The molecule has 0 aliphatic rings. The van der Waals surface area contributed by atoms with Gasteiger partial charge in [-0.3, -0.25) is 0 Å². The Bertz CT molecular complexity index is 764. The van der Waals surface area contributed by atoms with Gasteiger partial charge in [-0.2, -0.15) is 5.26 Å². The summed E-state index contributed by atoms with van der Waals surface area (Å²) in [6, 6.07) is 20.5. The molecule has 2 nitrogen and oxygen atoms in total. The lowest BCUT2D eigenvalue weighted by Crippen LogP contribution is -1.96. The van der Waals surface area contributed by atoms with Gasteiger partial charge in [-0.25, -0.2) is 0 Å². The molecule has 0 aliphatic heterocycles. The maximum atomic E-state index is 9.30. The van der Waals surface area contributed by atoms with Crippen molar-refractivity contribution < 1.29 is 0 Å². The molecule has 0 unspecified atom stereocenters. The first-order valence-electron chi connectivity index (χ1n) is 5.99. The molecule has 0 saturated heterocycles. The van der Waals surface area contributed by atoms with Crippen LogP contribution in [0.2, 0.25) is 0 Å². The zero-order chi connectivity index (χ0) is 13.2. The van der Waals surface area contributed by atoms with Crippen molar-refractivity contribution in [3.05, 3.63) is 65.9 Å². The van der Waals surface area contributed by atoms with Crippen molar-refractivity contribution in [3.8, 4) is 11.8 Å². The molecule has 0 bridgehead atoms. The van der Waals surface area contributed by atoms with Gasteiger partial charge in [-0.05, 0) is 29.8 Å². The van der Waals surface area contributed by atoms with Gasteiger partial charge in [0.2, 0.25) is 0 Å². The monoisotopic (exact) mass is 310 g/mol. The van der Waals surface area contributed by atoms with Crippen molar-refractivity contribution in [1.29, 1.82) is 5.26 Å². The smallest absolute Gasteiger partial charge is 0.125 e. The van der Waals surface area contributed by atoms with E-state index in [1.54, 1.807) is 0 Å². The van der Waals surface area contributed by atoms with Gasteiger partial charge in [0.1, 0.15) is 11.8 Å². The van der Waals surface area contributed by atoms with Crippen molar-refractivity contribution in [2.75, 3.05) is 0 Å². The van der Waals surface area contributed by atoms with Gasteiger partial charge >= 0.3 is 0 Å². The SMILES string of the molecule is N#Cc1cc2ccccc2n1-c1ccc(CBr)cc1. The number of hydrogen-bond donors (Lipinski definition) is 0. The molecule has 0 saturated carbocycles. The van der Waals surface area contributed by atoms with Gasteiger partial charge in [-0.1, -0.05) is 46.3 Å². The average molecular weight is 311 g/mol. The topological polar surface area (TPSA) is 28.7 Å². The average Bonchev–Trinajstić information content (AvgIpc) is 2.86. The molecule has 0 N–H and O–H groups in total. The normalized spacial score (nSPS) is 10.5. The van der Waals surface area contributed by atoms with E-state index in [9.17, 15) is 5.26 Å². The van der Waals surface area contributed by atoms with Gasteiger partial charge in [0.25, 0.3) is 0 Å². The maximum absolute atomic E-state index is 9.30. The van der Waals surface area contributed by atoms with Crippen molar-refractivity contribution >= 4 is 26.8 Å². The second kappa shape index (κ2) is 4.91. The number of aromatic nitrogens is 1. The summed E-state index contributed by atoms with van der Waals surface area (Å²) in [4.78, 5) is 0. The molecule has 1 heterocycles. The molecule has 92 valence electrons. The number of para-hydroxylation sites is 1. The van der Waals surface area contributed by atoms with Crippen LogP contribution in [0, 0.1) is 11.3 Å². The van der Waals surface area contributed by atoms with Crippen LogP contribution in [0.3, 0.4) is 0 Å². The molecule has 0 aliphatic carbocycles. The lowest BCUT2D eigenvalue weighted by atomic mass is 10.2. The number of rotatable bonds is 2. The van der Waals surface area contributed by atoms with Crippen LogP contribution in [0.5, 0.6) is 0 Å². The van der Waals surface area contributed by atoms with Crippen molar-refractivity contribution in [3.63, 3.8) is 0 Å². The first-order chi connectivity index (χ1) is 9.33. The Morgan fingerprint density at radius 1 is 1.05 bits per heavy atom. The fourth-order valence-corrected chi connectivity index (χ4v) is 2.62. The van der Waals surface area contributed by atoms with E-state index in [2.05, 4.69) is 34.1 Å². The fraction of sp³-hybridized carbons (Fsp3) is 0.0625. The Morgan fingerprint density at radius 3 is 2.47 bits per heavy atom. The third kappa shape index (κ3) is 2.05. The minimum Gasteiger partial charge on any atom is -0.301 e. The summed E-state index contributed by atoms with van der Waals surface area (Å²) >= 11 is 3.44. The Balaban J connectivity index is 2.25. The number of nitrogens with zero attached hydrogens (tertiary/aromatic N) is 2. The third-order valence-corrected chi connectivity index (χ3v) is 3.82. The second-order valence-corrected chi connectivity index (χ2v) is 4.90. The van der Waals surface area contributed by atoms with E-state index in [0.29, 0.717) is 5.69 Å². The van der Waals surface area contributed by atoms with Crippen LogP contribution in [0.15, 0.2) is 54.6 Å². The molecule has 3 aromatic rings. The summed E-state index contributed by atoms with van der Waals surface area (Å²) < 4.78 is 1.99. The molecule has 3 heteroatoms. The zero-order valence-corrected chi connectivity index (χ0v) is 11.8. The summed E-state index contributed by atoms with van der Waals surface area (Å²) in [6.45, 7) is 0. The zero-order valence-electron chi connectivity index (χ0n) is 10.2. The number of benzene rings is 2. The van der Waals surface area contributed by atoms with Crippen LogP contribution in [-0.4, -0.2) is 4.57 Å². The minimum absolute atomic E-state index is 0.660. The van der Waals surface area contributed by atoms with E-state index < -0.39 is 0 Å². The molecule has 0 amide bonds. The van der Waals surface area contributed by atoms with Crippen LogP contribution in [0.25, 0.3) is 16.6 Å². The fourth-order valence-electron chi connectivity index (χ4n) is 2.25. The van der Waals surface area contributed by atoms with Crippen molar-refractivity contribution in [2.24, 2.45) is 0 Å². The highest BCUT2D eigenvalue weighted by atomic mass is 79.9. The number of hydrogen-bond acceptors (Lipinski definition) is 1. The van der Waals surface area contributed by atoms with Crippen LogP contribution in [0.1, 0.15) is 11.3 Å².